The molecule has 6 heteroatoms. The van der Waals surface area contributed by atoms with Crippen LogP contribution in [0, 0.1) is 0 Å². The molecule has 0 saturated carbocycles. The lowest BCUT2D eigenvalue weighted by Crippen LogP contribution is -2.35. The number of rotatable bonds is 5. The molecule has 1 amide bonds. The standard InChI is InChI=1S/C11H18N4O2/c16-11(14-6-9-5-13-8-15-9)7-17-10-1-3-12-4-2-10/h5,8,10,12H,1-4,6-7H2,(H,13,15)(H,14,16). The molecule has 0 aliphatic carbocycles. The fourth-order valence-electron chi connectivity index (χ4n) is 1.78. The van der Waals surface area contributed by atoms with Crippen molar-refractivity contribution in [1.29, 1.82) is 0 Å². The van der Waals surface area contributed by atoms with Crippen molar-refractivity contribution < 1.29 is 9.53 Å². The maximum atomic E-state index is 11.5. The molecule has 1 saturated heterocycles. The molecule has 17 heavy (non-hydrogen) atoms. The summed E-state index contributed by atoms with van der Waals surface area (Å²) in [5.41, 5.74) is 0.889. The van der Waals surface area contributed by atoms with Crippen LogP contribution in [-0.4, -0.2) is 41.7 Å². The average molecular weight is 238 g/mol. The summed E-state index contributed by atoms with van der Waals surface area (Å²) in [5, 5.41) is 6.03. The first kappa shape index (κ1) is 12.1. The van der Waals surface area contributed by atoms with Crippen LogP contribution < -0.4 is 10.6 Å². The highest BCUT2D eigenvalue weighted by Crippen LogP contribution is 2.06. The van der Waals surface area contributed by atoms with Crippen molar-refractivity contribution in [2.45, 2.75) is 25.5 Å². The number of H-pyrrole nitrogens is 1. The summed E-state index contributed by atoms with van der Waals surface area (Å²) in [6.07, 6.45) is 5.46. The number of aromatic amines is 1. The lowest BCUT2D eigenvalue weighted by atomic mass is 10.1. The van der Waals surface area contributed by atoms with Gasteiger partial charge in [0.15, 0.2) is 0 Å². The van der Waals surface area contributed by atoms with E-state index < -0.39 is 0 Å². The Hall–Kier alpha value is -1.40. The monoisotopic (exact) mass is 238 g/mol. The maximum Gasteiger partial charge on any atom is 0.246 e. The van der Waals surface area contributed by atoms with Crippen molar-refractivity contribution in [3.8, 4) is 0 Å². The van der Waals surface area contributed by atoms with Gasteiger partial charge in [-0.25, -0.2) is 4.98 Å². The summed E-state index contributed by atoms with van der Waals surface area (Å²) >= 11 is 0. The van der Waals surface area contributed by atoms with Crippen LogP contribution in [0.5, 0.6) is 0 Å². The van der Waals surface area contributed by atoms with Crippen LogP contribution in [-0.2, 0) is 16.1 Å². The molecule has 1 aromatic rings. The van der Waals surface area contributed by atoms with Crippen LogP contribution in [0.2, 0.25) is 0 Å². The summed E-state index contributed by atoms with van der Waals surface area (Å²) in [7, 11) is 0. The lowest BCUT2D eigenvalue weighted by Gasteiger charge is -2.22. The van der Waals surface area contributed by atoms with Crippen molar-refractivity contribution in [2.24, 2.45) is 0 Å². The molecule has 0 radical (unpaired) electrons. The van der Waals surface area contributed by atoms with Crippen LogP contribution in [0.25, 0.3) is 0 Å². The van der Waals surface area contributed by atoms with E-state index in [2.05, 4.69) is 20.6 Å². The molecule has 94 valence electrons. The smallest absolute Gasteiger partial charge is 0.246 e. The van der Waals surface area contributed by atoms with Crippen LogP contribution >= 0.6 is 0 Å². The number of ether oxygens (including phenoxy) is 1. The largest absolute Gasteiger partial charge is 0.368 e. The number of nitrogens with zero attached hydrogens (tertiary/aromatic N) is 1. The van der Waals surface area contributed by atoms with Gasteiger partial charge in [-0.15, -0.1) is 0 Å². The first-order valence-electron chi connectivity index (χ1n) is 5.91. The van der Waals surface area contributed by atoms with Gasteiger partial charge in [0, 0.05) is 6.20 Å². The van der Waals surface area contributed by atoms with Crippen LogP contribution in [0.15, 0.2) is 12.5 Å². The molecule has 0 spiro atoms. The second-order valence-corrected chi connectivity index (χ2v) is 4.11. The minimum atomic E-state index is -0.0851. The second-order valence-electron chi connectivity index (χ2n) is 4.11. The van der Waals surface area contributed by atoms with Crippen LogP contribution in [0.4, 0.5) is 0 Å². The number of nitrogens with one attached hydrogen (secondary N) is 3. The lowest BCUT2D eigenvalue weighted by molar-refractivity contribution is -0.128. The predicted molar refractivity (Wildman–Crippen MR) is 62.3 cm³/mol. The van der Waals surface area contributed by atoms with E-state index in [4.69, 9.17) is 4.74 Å². The molecular formula is C11H18N4O2. The molecule has 1 aliphatic rings. The van der Waals surface area contributed by atoms with E-state index in [1.165, 1.54) is 0 Å². The molecule has 6 nitrogen and oxygen atoms in total. The first-order chi connectivity index (χ1) is 8.34. The third kappa shape index (κ3) is 4.16. The number of hydrogen-bond acceptors (Lipinski definition) is 4. The normalized spacial score (nSPS) is 16.9. The molecule has 1 aromatic heterocycles. The van der Waals surface area contributed by atoms with Gasteiger partial charge in [0.25, 0.3) is 0 Å². The molecular weight excluding hydrogens is 220 g/mol. The fraction of sp³-hybridized carbons (Fsp3) is 0.636. The number of piperidine rings is 1. The Morgan fingerprint density at radius 3 is 3.06 bits per heavy atom. The SMILES string of the molecule is O=C(COC1CCNCC1)NCc1cnc[nH]1. The minimum Gasteiger partial charge on any atom is -0.368 e. The van der Waals surface area contributed by atoms with Gasteiger partial charge in [-0.05, 0) is 25.9 Å². The number of amides is 1. The number of imidazole rings is 1. The zero-order valence-corrected chi connectivity index (χ0v) is 9.74. The predicted octanol–water partition coefficient (Wildman–Crippen LogP) is -0.205. The van der Waals surface area contributed by atoms with E-state index in [1.54, 1.807) is 12.5 Å². The summed E-state index contributed by atoms with van der Waals surface area (Å²) in [6.45, 7) is 2.55. The molecule has 0 aromatic carbocycles. The highest BCUT2D eigenvalue weighted by Gasteiger charge is 2.14. The van der Waals surface area contributed by atoms with E-state index in [9.17, 15) is 4.79 Å². The summed E-state index contributed by atoms with van der Waals surface area (Å²) in [4.78, 5) is 18.3. The van der Waals surface area contributed by atoms with Gasteiger partial charge in [0.1, 0.15) is 6.61 Å². The Balaban J connectivity index is 1.60. The molecule has 2 heterocycles. The van der Waals surface area contributed by atoms with Crippen molar-refractivity contribution in [3.05, 3.63) is 18.2 Å². The molecule has 3 N–H and O–H groups in total. The quantitative estimate of drug-likeness (QED) is 0.663. The van der Waals surface area contributed by atoms with Crippen molar-refractivity contribution in [2.75, 3.05) is 19.7 Å². The number of carbonyl (C=O) groups excluding carboxylic acids is 1. The number of carbonyl (C=O) groups is 1. The van der Waals surface area contributed by atoms with Gasteiger partial charge in [-0.2, -0.15) is 0 Å². The average Bonchev–Trinajstić information content (AvgIpc) is 2.88. The minimum absolute atomic E-state index is 0.0851. The second kappa shape index (κ2) is 6.36. The van der Waals surface area contributed by atoms with E-state index in [0.29, 0.717) is 6.54 Å². The Bertz CT molecular complexity index is 333. The first-order valence-corrected chi connectivity index (χ1v) is 5.91. The Morgan fingerprint density at radius 2 is 2.35 bits per heavy atom. The fourth-order valence-corrected chi connectivity index (χ4v) is 1.78. The topological polar surface area (TPSA) is 79.0 Å². The summed E-state index contributed by atoms with van der Waals surface area (Å²) in [6, 6.07) is 0. The number of aromatic nitrogens is 2. The third-order valence-electron chi connectivity index (χ3n) is 2.77. The van der Waals surface area contributed by atoms with E-state index in [0.717, 1.165) is 31.6 Å². The highest BCUT2D eigenvalue weighted by molar-refractivity contribution is 5.77. The van der Waals surface area contributed by atoms with Crippen LogP contribution in [0.3, 0.4) is 0 Å². The van der Waals surface area contributed by atoms with E-state index in [1.807, 2.05) is 0 Å². The van der Waals surface area contributed by atoms with Gasteiger partial charge >= 0.3 is 0 Å². The van der Waals surface area contributed by atoms with Gasteiger partial charge < -0.3 is 20.4 Å². The highest BCUT2D eigenvalue weighted by atomic mass is 16.5. The van der Waals surface area contributed by atoms with E-state index >= 15 is 0 Å². The molecule has 1 fully saturated rings. The van der Waals surface area contributed by atoms with Crippen LogP contribution in [0.1, 0.15) is 18.5 Å². The molecule has 0 atom stereocenters. The van der Waals surface area contributed by atoms with Gasteiger partial charge in [0.2, 0.25) is 5.91 Å². The van der Waals surface area contributed by atoms with Gasteiger partial charge in [0.05, 0.1) is 24.7 Å². The zero-order valence-electron chi connectivity index (χ0n) is 9.74. The number of hydrogen-bond donors (Lipinski definition) is 3. The Kier molecular flexibility index (Phi) is 4.52. The molecule has 2 rings (SSSR count). The Morgan fingerprint density at radius 1 is 1.53 bits per heavy atom. The Labute approximate surface area is 100 Å². The van der Waals surface area contributed by atoms with E-state index in [-0.39, 0.29) is 18.6 Å². The summed E-state index contributed by atoms with van der Waals surface area (Å²) < 4.78 is 5.54. The van der Waals surface area contributed by atoms with Crippen molar-refractivity contribution >= 4 is 5.91 Å². The van der Waals surface area contributed by atoms with Crippen molar-refractivity contribution in [1.82, 2.24) is 20.6 Å². The van der Waals surface area contributed by atoms with Gasteiger partial charge in [-0.1, -0.05) is 0 Å². The molecule has 0 bridgehead atoms. The zero-order chi connectivity index (χ0) is 11.9. The molecule has 1 aliphatic heterocycles. The van der Waals surface area contributed by atoms with Gasteiger partial charge in [-0.3, -0.25) is 4.79 Å². The third-order valence-corrected chi connectivity index (χ3v) is 2.77. The summed E-state index contributed by atoms with van der Waals surface area (Å²) in [5.74, 6) is -0.0851. The van der Waals surface area contributed by atoms with Crippen molar-refractivity contribution in [3.63, 3.8) is 0 Å². The molecule has 0 unspecified atom stereocenters. The maximum absolute atomic E-state index is 11.5.